The zero-order chi connectivity index (χ0) is 18.9. The zero-order valence-electron chi connectivity index (χ0n) is 14.6. The Hall–Kier alpha value is -3.07. The molecule has 3 aromatic rings. The number of carbonyl (C=O) groups excluding carboxylic acids is 1. The second kappa shape index (κ2) is 6.92. The minimum absolute atomic E-state index is 0.122. The van der Waals surface area contributed by atoms with Gasteiger partial charge in [0, 0.05) is 12.6 Å². The van der Waals surface area contributed by atoms with E-state index in [1.807, 2.05) is 0 Å². The highest BCUT2D eigenvalue weighted by atomic mass is 16.3. The molecule has 0 bridgehead atoms. The van der Waals surface area contributed by atoms with Gasteiger partial charge >= 0.3 is 0 Å². The van der Waals surface area contributed by atoms with Crippen molar-refractivity contribution in [1.82, 2.24) is 25.9 Å². The molecule has 140 valence electrons. The molecular weight excluding hydrogens is 350 g/mol. The number of aromatic amines is 1. The van der Waals surface area contributed by atoms with Crippen LogP contribution in [0.25, 0.3) is 22.4 Å². The van der Waals surface area contributed by atoms with Gasteiger partial charge in [0.25, 0.3) is 5.91 Å². The maximum Gasteiger partial charge on any atom is 0.287 e. The van der Waals surface area contributed by atoms with Crippen LogP contribution in [0.4, 0.5) is 0 Å². The smallest absolute Gasteiger partial charge is 0.287 e. The van der Waals surface area contributed by atoms with E-state index in [1.54, 1.807) is 18.2 Å². The Morgan fingerprint density at radius 1 is 1.30 bits per heavy atom. The predicted octanol–water partition coefficient (Wildman–Crippen LogP) is 1.40. The highest BCUT2D eigenvalue weighted by Gasteiger charge is 2.30. The normalized spacial score (nSPS) is 16.3. The van der Waals surface area contributed by atoms with Crippen LogP contribution in [0.1, 0.15) is 42.7 Å². The van der Waals surface area contributed by atoms with Crippen LogP contribution in [-0.4, -0.2) is 43.8 Å². The van der Waals surface area contributed by atoms with E-state index in [9.17, 15) is 14.7 Å². The monoisotopic (exact) mass is 369 g/mol. The second-order valence-corrected chi connectivity index (χ2v) is 6.86. The van der Waals surface area contributed by atoms with Crippen molar-refractivity contribution in [3.05, 3.63) is 40.2 Å². The molecule has 1 saturated carbocycles. The number of aromatic nitrogens is 4. The van der Waals surface area contributed by atoms with E-state index in [4.69, 9.17) is 4.42 Å². The molecule has 0 saturated heterocycles. The van der Waals surface area contributed by atoms with Crippen molar-refractivity contribution in [2.75, 3.05) is 6.54 Å². The molecule has 9 heteroatoms. The molecule has 1 aromatic carbocycles. The molecule has 27 heavy (non-hydrogen) atoms. The summed E-state index contributed by atoms with van der Waals surface area (Å²) in [5, 5.41) is 27.2. The largest absolute Gasteiger partial charge is 0.450 e. The summed E-state index contributed by atoms with van der Waals surface area (Å²) in [6.45, 7) is 0.125. The van der Waals surface area contributed by atoms with E-state index in [0.717, 1.165) is 25.3 Å². The predicted molar refractivity (Wildman–Crippen MR) is 96.0 cm³/mol. The van der Waals surface area contributed by atoms with E-state index in [0.29, 0.717) is 23.8 Å². The molecule has 4 rings (SSSR count). The van der Waals surface area contributed by atoms with Crippen LogP contribution in [0.3, 0.4) is 0 Å². The van der Waals surface area contributed by atoms with Crippen LogP contribution in [0.5, 0.6) is 0 Å². The average Bonchev–Trinajstić information content (AvgIpc) is 3.21. The first-order valence-electron chi connectivity index (χ1n) is 8.87. The molecule has 2 aromatic heterocycles. The van der Waals surface area contributed by atoms with E-state index in [-0.39, 0.29) is 29.1 Å². The van der Waals surface area contributed by atoms with Gasteiger partial charge in [-0.15, -0.1) is 10.2 Å². The summed E-state index contributed by atoms with van der Waals surface area (Å²) in [7, 11) is 0. The molecule has 1 aliphatic carbocycles. The molecule has 0 radical (unpaired) electrons. The van der Waals surface area contributed by atoms with Crippen molar-refractivity contribution < 1.29 is 14.3 Å². The second-order valence-electron chi connectivity index (χ2n) is 6.86. The van der Waals surface area contributed by atoms with Crippen molar-refractivity contribution in [3.63, 3.8) is 0 Å². The highest BCUT2D eigenvalue weighted by molar-refractivity contribution is 5.95. The Bertz CT molecular complexity index is 1020. The average molecular weight is 369 g/mol. The Balaban J connectivity index is 1.65. The number of amides is 1. The third-order valence-electron chi connectivity index (χ3n) is 4.93. The molecule has 2 heterocycles. The summed E-state index contributed by atoms with van der Waals surface area (Å²) in [5.74, 6) is -0.406. The fraction of sp³-hybridized carbons (Fsp3) is 0.389. The fourth-order valence-electron chi connectivity index (χ4n) is 3.46. The van der Waals surface area contributed by atoms with Gasteiger partial charge in [0.15, 0.2) is 11.2 Å². The van der Waals surface area contributed by atoms with Crippen molar-refractivity contribution >= 4 is 16.9 Å². The number of tetrazole rings is 1. The van der Waals surface area contributed by atoms with Gasteiger partial charge in [0.1, 0.15) is 5.58 Å². The highest BCUT2D eigenvalue weighted by Crippen LogP contribution is 2.28. The quantitative estimate of drug-likeness (QED) is 0.633. The number of nitrogens with one attached hydrogen (secondary N) is 2. The lowest BCUT2D eigenvalue weighted by atomic mass is 9.85. The Labute approximate surface area is 153 Å². The SMILES string of the molecule is O=C(NCC1(O)CCCCC1)c1cc(=O)c2cccc(-c3nn[nH]n3)c2o1. The number of fused-ring (bicyclic) bond motifs is 1. The van der Waals surface area contributed by atoms with E-state index in [1.165, 1.54) is 0 Å². The third kappa shape index (κ3) is 3.45. The number of nitrogens with zero attached hydrogens (tertiary/aromatic N) is 3. The minimum atomic E-state index is -0.902. The summed E-state index contributed by atoms with van der Waals surface area (Å²) in [6, 6.07) is 6.13. The minimum Gasteiger partial charge on any atom is -0.450 e. The first-order chi connectivity index (χ1) is 13.1. The van der Waals surface area contributed by atoms with Crippen molar-refractivity contribution in [2.45, 2.75) is 37.7 Å². The zero-order valence-corrected chi connectivity index (χ0v) is 14.6. The molecular formula is C18H19N5O4. The van der Waals surface area contributed by atoms with Crippen LogP contribution in [0.2, 0.25) is 0 Å². The van der Waals surface area contributed by atoms with Crippen LogP contribution < -0.4 is 10.7 Å². The van der Waals surface area contributed by atoms with Crippen LogP contribution in [0.15, 0.2) is 33.5 Å². The Kier molecular flexibility index (Phi) is 4.44. The lowest BCUT2D eigenvalue weighted by Crippen LogP contribution is -2.44. The molecule has 9 nitrogen and oxygen atoms in total. The van der Waals surface area contributed by atoms with Gasteiger partial charge in [-0.2, -0.15) is 5.21 Å². The van der Waals surface area contributed by atoms with Gasteiger partial charge in [-0.1, -0.05) is 25.3 Å². The molecule has 1 amide bonds. The Morgan fingerprint density at radius 3 is 2.85 bits per heavy atom. The summed E-state index contributed by atoms with van der Waals surface area (Å²) >= 11 is 0. The number of rotatable bonds is 4. The third-order valence-corrected chi connectivity index (χ3v) is 4.93. The first kappa shape index (κ1) is 17.3. The molecule has 1 fully saturated rings. The number of aliphatic hydroxyl groups is 1. The molecule has 0 spiro atoms. The van der Waals surface area contributed by atoms with E-state index >= 15 is 0 Å². The number of benzene rings is 1. The number of hydrogen-bond acceptors (Lipinski definition) is 7. The summed E-state index contributed by atoms with van der Waals surface area (Å²) in [4.78, 5) is 25.0. The van der Waals surface area contributed by atoms with Gasteiger partial charge in [-0.05, 0) is 30.2 Å². The van der Waals surface area contributed by atoms with Crippen LogP contribution in [-0.2, 0) is 0 Å². The molecule has 1 aliphatic rings. The number of hydrogen-bond donors (Lipinski definition) is 3. The van der Waals surface area contributed by atoms with Gasteiger partial charge in [-0.3, -0.25) is 9.59 Å². The van der Waals surface area contributed by atoms with Crippen molar-refractivity contribution in [1.29, 1.82) is 0 Å². The standard InChI is InChI=1S/C18H19N5O4/c24-13-9-14(17(25)19-10-18(26)7-2-1-3-8-18)27-15-11(13)5-4-6-12(15)16-20-22-23-21-16/h4-6,9,26H,1-3,7-8,10H2,(H,19,25)(H,20,21,22,23). The van der Waals surface area contributed by atoms with Crippen LogP contribution in [0, 0.1) is 0 Å². The van der Waals surface area contributed by atoms with Gasteiger partial charge in [0.05, 0.1) is 16.6 Å². The number of H-pyrrole nitrogens is 1. The summed E-state index contributed by atoms with van der Waals surface area (Å²) in [6.07, 6.45) is 4.26. The fourth-order valence-corrected chi connectivity index (χ4v) is 3.46. The first-order valence-corrected chi connectivity index (χ1v) is 8.87. The number of para-hydroxylation sites is 1. The molecule has 0 atom stereocenters. The summed E-state index contributed by atoms with van der Waals surface area (Å²) in [5.41, 5.74) is -0.573. The van der Waals surface area contributed by atoms with E-state index < -0.39 is 11.5 Å². The van der Waals surface area contributed by atoms with Crippen molar-refractivity contribution in [2.24, 2.45) is 0 Å². The van der Waals surface area contributed by atoms with Gasteiger partial charge in [0.2, 0.25) is 5.82 Å². The topological polar surface area (TPSA) is 134 Å². The lowest BCUT2D eigenvalue weighted by molar-refractivity contribution is 0.00503. The maximum absolute atomic E-state index is 12.5. The summed E-state index contributed by atoms with van der Waals surface area (Å²) < 4.78 is 5.72. The van der Waals surface area contributed by atoms with Crippen molar-refractivity contribution in [3.8, 4) is 11.4 Å². The Morgan fingerprint density at radius 2 is 2.11 bits per heavy atom. The van der Waals surface area contributed by atoms with Crippen LogP contribution >= 0.6 is 0 Å². The number of carbonyl (C=O) groups is 1. The van der Waals surface area contributed by atoms with Gasteiger partial charge in [-0.25, -0.2) is 0 Å². The molecule has 0 aliphatic heterocycles. The maximum atomic E-state index is 12.5. The van der Waals surface area contributed by atoms with E-state index in [2.05, 4.69) is 25.9 Å². The van der Waals surface area contributed by atoms with Gasteiger partial charge < -0.3 is 14.8 Å². The lowest BCUT2D eigenvalue weighted by Gasteiger charge is -2.31. The molecule has 0 unspecified atom stereocenters. The molecule has 3 N–H and O–H groups in total.